The van der Waals surface area contributed by atoms with Crippen LogP contribution in [0.2, 0.25) is 0 Å². The molecule has 2 amide bonds. The van der Waals surface area contributed by atoms with Crippen LogP contribution >= 0.6 is 0 Å². The molecule has 0 aromatic carbocycles. The third-order valence-electron chi connectivity index (χ3n) is 3.77. The van der Waals surface area contributed by atoms with E-state index >= 15 is 0 Å². The zero-order valence-corrected chi connectivity index (χ0v) is 12.2. The van der Waals surface area contributed by atoms with Crippen LogP contribution in [0.5, 0.6) is 0 Å². The lowest BCUT2D eigenvalue weighted by Gasteiger charge is -2.43. The van der Waals surface area contributed by atoms with E-state index in [2.05, 4.69) is 5.32 Å². The predicted molar refractivity (Wildman–Crippen MR) is 72.3 cm³/mol. The molecule has 114 valence electrons. The Morgan fingerprint density at radius 1 is 1.25 bits per heavy atom. The highest BCUT2D eigenvalue weighted by Gasteiger charge is 2.41. The van der Waals surface area contributed by atoms with Crippen LogP contribution in [0.3, 0.4) is 0 Å². The van der Waals surface area contributed by atoms with Crippen molar-refractivity contribution in [1.82, 2.24) is 15.1 Å². The predicted octanol–water partition coefficient (Wildman–Crippen LogP) is -1.32. The molecule has 7 nitrogen and oxygen atoms in total. The first kappa shape index (κ1) is 15.2. The van der Waals surface area contributed by atoms with Crippen LogP contribution in [0, 0.1) is 0 Å². The molecule has 1 atom stereocenters. The summed E-state index contributed by atoms with van der Waals surface area (Å²) < 4.78 is 11.5. The van der Waals surface area contributed by atoms with Crippen LogP contribution in [0.4, 0.5) is 0 Å². The molecule has 0 aromatic heterocycles. The summed E-state index contributed by atoms with van der Waals surface area (Å²) in [6.45, 7) is 5.87. The molecule has 0 radical (unpaired) electrons. The second-order valence-corrected chi connectivity index (χ2v) is 5.41. The summed E-state index contributed by atoms with van der Waals surface area (Å²) in [5, 5.41) is 2.62. The van der Waals surface area contributed by atoms with E-state index in [1.807, 2.05) is 4.90 Å². The van der Waals surface area contributed by atoms with Gasteiger partial charge in [0.2, 0.25) is 11.8 Å². The Morgan fingerprint density at radius 3 is 2.75 bits per heavy atom. The van der Waals surface area contributed by atoms with E-state index in [1.54, 1.807) is 18.9 Å². The molecular weight excluding hydrogens is 262 g/mol. The van der Waals surface area contributed by atoms with Crippen LogP contribution in [0.25, 0.3) is 0 Å². The Hall–Kier alpha value is -1.18. The minimum absolute atomic E-state index is 0.0266. The number of hydrogen-bond acceptors (Lipinski definition) is 5. The number of carbonyl (C=O) groups is 2. The summed E-state index contributed by atoms with van der Waals surface area (Å²) in [6, 6.07) is 0. The van der Waals surface area contributed by atoms with Crippen LogP contribution in [-0.4, -0.2) is 86.8 Å². The average molecular weight is 285 g/mol. The van der Waals surface area contributed by atoms with Crippen molar-refractivity contribution >= 4 is 11.8 Å². The largest absolute Gasteiger partial charge is 0.377 e. The third kappa shape index (κ3) is 3.68. The van der Waals surface area contributed by atoms with Gasteiger partial charge in [-0.15, -0.1) is 0 Å². The third-order valence-corrected chi connectivity index (χ3v) is 3.77. The topological polar surface area (TPSA) is 71.1 Å². The van der Waals surface area contributed by atoms with Crippen molar-refractivity contribution in [3.63, 3.8) is 0 Å². The van der Waals surface area contributed by atoms with Gasteiger partial charge in [0.05, 0.1) is 32.9 Å². The lowest BCUT2D eigenvalue weighted by molar-refractivity contribution is -0.160. The van der Waals surface area contributed by atoms with Crippen molar-refractivity contribution in [1.29, 1.82) is 0 Å². The Kier molecular flexibility index (Phi) is 4.95. The highest BCUT2D eigenvalue weighted by molar-refractivity contribution is 5.77. The molecule has 0 bridgehead atoms. The number of carbonyl (C=O) groups excluding carboxylic acids is 2. The normalized spacial score (nSPS) is 28.2. The second kappa shape index (κ2) is 6.51. The molecule has 20 heavy (non-hydrogen) atoms. The summed E-state index contributed by atoms with van der Waals surface area (Å²) in [5.41, 5.74) is -0.519. The van der Waals surface area contributed by atoms with Gasteiger partial charge in [0.1, 0.15) is 5.60 Å². The summed E-state index contributed by atoms with van der Waals surface area (Å²) in [4.78, 5) is 26.9. The van der Waals surface area contributed by atoms with E-state index < -0.39 is 5.60 Å². The first-order chi connectivity index (χ1) is 9.54. The van der Waals surface area contributed by atoms with Gasteiger partial charge in [-0.3, -0.25) is 14.5 Å². The number of likely N-dealkylation sites (N-methyl/N-ethyl adjacent to an activating group) is 1. The molecule has 0 saturated carbocycles. The number of ether oxygens (including phenoxy) is 2. The molecule has 2 aliphatic rings. The quantitative estimate of drug-likeness (QED) is 0.681. The van der Waals surface area contributed by atoms with Crippen molar-refractivity contribution < 1.29 is 19.1 Å². The van der Waals surface area contributed by atoms with Gasteiger partial charge in [0, 0.05) is 33.6 Å². The maximum atomic E-state index is 11.6. The highest BCUT2D eigenvalue weighted by Crippen LogP contribution is 2.22. The molecule has 1 spiro atoms. The van der Waals surface area contributed by atoms with Crippen molar-refractivity contribution in [2.24, 2.45) is 0 Å². The Bertz CT molecular complexity index is 377. The van der Waals surface area contributed by atoms with Gasteiger partial charge in [-0.05, 0) is 0 Å². The van der Waals surface area contributed by atoms with Crippen molar-refractivity contribution in [2.45, 2.75) is 12.5 Å². The van der Waals surface area contributed by atoms with E-state index in [9.17, 15) is 9.59 Å². The molecule has 2 fully saturated rings. The SMILES string of the molecule is CNC(=O)CN1CCOCC2(C1)CN(C(C)=O)CCO2. The van der Waals surface area contributed by atoms with Crippen LogP contribution in [0.15, 0.2) is 0 Å². The fourth-order valence-electron chi connectivity index (χ4n) is 2.70. The molecule has 1 unspecified atom stereocenters. The van der Waals surface area contributed by atoms with Gasteiger partial charge in [-0.25, -0.2) is 0 Å². The monoisotopic (exact) mass is 285 g/mol. The number of amides is 2. The number of nitrogens with zero attached hydrogens (tertiary/aromatic N) is 2. The number of hydrogen-bond donors (Lipinski definition) is 1. The second-order valence-electron chi connectivity index (χ2n) is 5.41. The maximum absolute atomic E-state index is 11.6. The number of rotatable bonds is 2. The molecule has 1 N–H and O–H groups in total. The summed E-state index contributed by atoms with van der Waals surface area (Å²) in [7, 11) is 1.63. The minimum Gasteiger partial charge on any atom is -0.377 e. The van der Waals surface area contributed by atoms with Gasteiger partial charge >= 0.3 is 0 Å². The van der Waals surface area contributed by atoms with E-state index in [0.717, 1.165) is 0 Å². The zero-order valence-electron chi connectivity index (χ0n) is 12.2. The van der Waals surface area contributed by atoms with E-state index in [-0.39, 0.29) is 11.8 Å². The Balaban J connectivity index is 2.04. The fourth-order valence-corrected chi connectivity index (χ4v) is 2.70. The average Bonchev–Trinajstić information content (AvgIpc) is 2.61. The lowest BCUT2D eigenvalue weighted by atomic mass is 10.0. The first-order valence-corrected chi connectivity index (χ1v) is 6.95. The zero-order chi connectivity index (χ0) is 14.6. The van der Waals surface area contributed by atoms with E-state index in [0.29, 0.717) is 52.5 Å². The van der Waals surface area contributed by atoms with Crippen LogP contribution < -0.4 is 5.32 Å². The van der Waals surface area contributed by atoms with Gasteiger partial charge in [0.25, 0.3) is 0 Å². The van der Waals surface area contributed by atoms with Crippen LogP contribution in [0.1, 0.15) is 6.92 Å². The van der Waals surface area contributed by atoms with Crippen molar-refractivity contribution in [3.8, 4) is 0 Å². The van der Waals surface area contributed by atoms with Gasteiger partial charge < -0.3 is 19.7 Å². The molecule has 0 aliphatic carbocycles. The van der Waals surface area contributed by atoms with E-state index in [1.165, 1.54) is 0 Å². The smallest absolute Gasteiger partial charge is 0.233 e. The standard InChI is InChI=1S/C13H23N3O4/c1-11(17)16-4-6-20-13(9-16)8-15(3-5-19-10-13)7-12(18)14-2/h3-10H2,1-2H3,(H,14,18). The molecule has 7 heteroatoms. The van der Waals surface area contributed by atoms with Gasteiger partial charge in [0.15, 0.2) is 0 Å². The molecule has 2 heterocycles. The minimum atomic E-state index is -0.519. The highest BCUT2D eigenvalue weighted by atomic mass is 16.5. The fraction of sp³-hybridized carbons (Fsp3) is 0.846. The van der Waals surface area contributed by atoms with E-state index in [4.69, 9.17) is 9.47 Å². The van der Waals surface area contributed by atoms with Crippen LogP contribution in [-0.2, 0) is 19.1 Å². The molecular formula is C13H23N3O4. The van der Waals surface area contributed by atoms with Gasteiger partial charge in [-0.1, -0.05) is 0 Å². The Labute approximate surface area is 119 Å². The Morgan fingerprint density at radius 2 is 2.05 bits per heavy atom. The summed E-state index contributed by atoms with van der Waals surface area (Å²) in [5.74, 6) is 0.0241. The molecule has 2 saturated heterocycles. The number of morpholine rings is 1. The molecule has 2 aliphatic heterocycles. The number of nitrogens with one attached hydrogen (secondary N) is 1. The first-order valence-electron chi connectivity index (χ1n) is 6.95. The lowest BCUT2D eigenvalue weighted by Crippen LogP contribution is -2.60. The molecule has 2 rings (SSSR count). The summed E-state index contributed by atoms with van der Waals surface area (Å²) >= 11 is 0. The molecule has 0 aromatic rings. The van der Waals surface area contributed by atoms with Gasteiger partial charge in [-0.2, -0.15) is 0 Å². The van der Waals surface area contributed by atoms with Crippen molar-refractivity contribution in [3.05, 3.63) is 0 Å². The summed E-state index contributed by atoms with van der Waals surface area (Å²) in [6.07, 6.45) is 0. The van der Waals surface area contributed by atoms with Crippen molar-refractivity contribution in [2.75, 3.05) is 59.6 Å². The maximum Gasteiger partial charge on any atom is 0.233 e.